The summed E-state index contributed by atoms with van der Waals surface area (Å²) in [7, 11) is 0. The number of nitrogens with zero attached hydrogens (tertiary/aromatic N) is 4. The molecule has 0 aliphatic rings. The number of nitrogens with one attached hydrogen (secondary N) is 1. The van der Waals surface area contributed by atoms with Crippen molar-refractivity contribution >= 4 is 28.9 Å². The molecule has 1 aromatic carbocycles. The zero-order valence-corrected chi connectivity index (χ0v) is 13.5. The summed E-state index contributed by atoms with van der Waals surface area (Å²) in [5.41, 5.74) is 13.7. The number of amides is 1. The van der Waals surface area contributed by atoms with Crippen LogP contribution in [0.2, 0.25) is 0 Å². The summed E-state index contributed by atoms with van der Waals surface area (Å²) < 4.78 is 1.79. The number of guanidine groups is 1. The fraction of sp³-hybridized carbons (Fsp3) is 0.0588. The Morgan fingerprint density at radius 2 is 1.88 bits per heavy atom. The van der Waals surface area contributed by atoms with Crippen LogP contribution in [0.5, 0.6) is 0 Å². The summed E-state index contributed by atoms with van der Waals surface area (Å²) in [6.07, 6.45) is 3.53. The molecule has 0 aliphatic carbocycles. The highest BCUT2D eigenvalue weighted by Crippen LogP contribution is 2.13. The largest absolute Gasteiger partial charge is 0.369 e. The Bertz CT molecular complexity index is 933. The molecule has 3 rings (SSSR count). The number of carbonyl (C=O) groups excluding carboxylic acids is 1. The van der Waals surface area contributed by atoms with Crippen molar-refractivity contribution in [1.29, 1.82) is 0 Å². The van der Waals surface area contributed by atoms with Crippen LogP contribution >= 0.6 is 0 Å². The second kappa shape index (κ2) is 6.83. The van der Waals surface area contributed by atoms with Gasteiger partial charge in [0.05, 0.1) is 5.71 Å². The van der Waals surface area contributed by atoms with Crippen LogP contribution in [0.25, 0.3) is 5.65 Å². The van der Waals surface area contributed by atoms with E-state index in [-0.39, 0.29) is 11.9 Å². The fourth-order valence-corrected chi connectivity index (χ4v) is 2.22. The van der Waals surface area contributed by atoms with Crippen molar-refractivity contribution in [2.45, 2.75) is 6.92 Å². The van der Waals surface area contributed by atoms with Crippen molar-refractivity contribution in [3.05, 3.63) is 66.1 Å². The highest BCUT2D eigenvalue weighted by molar-refractivity contribution is 6.04. The van der Waals surface area contributed by atoms with Crippen LogP contribution in [-0.2, 0) is 0 Å². The SMILES string of the molecule is C/C(=N\N=C(N)N)c1ccc(NC(=O)c2cn3ccccc3n2)cc1. The van der Waals surface area contributed by atoms with E-state index in [2.05, 4.69) is 20.5 Å². The first-order valence-electron chi connectivity index (χ1n) is 7.51. The first kappa shape index (κ1) is 16.2. The van der Waals surface area contributed by atoms with Gasteiger partial charge in [-0.25, -0.2) is 4.98 Å². The number of rotatable bonds is 4. The number of fused-ring (bicyclic) bond motifs is 1. The molecule has 3 aromatic rings. The van der Waals surface area contributed by atoms with Gasteiger partial charge < -0.3 is 21.2 Å². The van der Waals surface area contributed by atoms with Gasteiger partial charge in [-0.1, -0.05) is 18.2 Å². The molecule has 0 unspecified atom stereocenters. The lowest BCUT2D eigenvalue weighted by Gasteiger charge is -2.04. The maximum absolute atomic E-state index is 12.3. The molecule has 2 heterocycles. The summed E-state index contributed by atoms with van der Waals surface area (Å²) in [5, 5.41) is 10.3. The second-order valence-electron chi connectivity index (χ2n) is 5.33. The molecule has 0 radical (unpaired) electrons. The molecule has 0 aliphatic heterocycles. The molecule has 2 aromatic heterocycles. The standard InChI is InChI=1S/C17H17N7O/c1-11(22-23-17(18)19)12-5-7-13(8-6-12)20-16(25)14-10-24-9-3-2-4-15(24)21-14/h2-10H,1H3,(H,20,25)(H4,18,19,23)/b22-11+. The number of pyridine rings is 1. The summed E-state index contributed by atoms with van der Waals surface area (Å²) in [5.74, 6) is -0.377. The predicted octanol–water partition coefficient (Wildman–Crippen LogP) is 1.58. The maximum Gasteiger partial charge on any atom is 0.275 e. The van der Waals surface area contributed by atoms with E-state index in [4.69, 9.17) is 11.5 Å². The third-order valence-corrected chi connectivity index (χ3v) is 3.47. The van der Waals surface area contributed by atoms with E-state index in [1.807, 2.05) is 36.5 Å². The number of hydrogen-bond acceptors (Lipinski definition) is 4. The van der Waals surface area contributed by atoms with Crippen LogP contribution in [0.4, 0.5) is 5.69 Å². The molecule has 0 saturated heterocycles. The van der Waals surface area contributed by atoms with E-state index in [0.29, 0.717) is 17.1 Å². The number of hydrogen-bond donors (Lipinski definition) is 3. The van der Waals surface area contributed by atoms with Gasteiger partial charge in [-0.2, -0.15) is 5.10 Å². The lowest BCUT2D eigenvalue weighted by molar-refractivity contribution is 0.102. The maximum atomic E-state index is 12.3. The van der Waals surface area contributed by atoms with Gasteiger partial charge >= 0.3 is 0 Å². The summed E-state index contributed by atoms with van der Waals surface area (Å²) >= 11 is 0. The minimum absolute atomic E-state index is 0.101. The molecule has 0 saturated carbocycles. The van der Waals surface area contributed by atoms with Crippen LogP contribution in [0.3, 0.4) is 0 Å². The lowest BCUT2D eigenvalue weighted by Crippen LogP contribution is -2.22. The third-order valence-electron chi connectivity index (χ3n) is 3.47. The molecule has 0 spiro atoms. The van der Waals surface area contributed by atoms with E-state index < -0.39 is 0 Å². The average molecular weight is 335 g/mol. The Balaban J connectivity index is 1.73. The number of imidazole rings is 1. The zero-order chi connectivity index (χ0) is 17.8. The number of benzene rings is 1. The van der Waals surface area contributed by atoms with Crippen molar-refractivity contribution in [3.8, 4) is 0 Å². The van der Waals surface area contributed by atoms with Crippen molar-refractivity contribution < 1.29 is 4.79 Å². The molecule has 25 heavy (non-hydrogen) atoms. The monoisotopic (exact) mass is 335 g/mol. The Morgan fingerprint density at radius 1 is 1.12 bits per heavy atom. The summed E-state index contributed by atoms with van der Waals surface area (Å²) in [6, 6.07) is 12.8. The van der Waals surface area contributed by atoms with Gasteiger partial charge in [0.1, 0.15) is 11.3 Å². The average Bonchev–Trinajstić information content (AvgIpc) is 3.04. The van der Waals surface area contributed by atoms with Crippen molar-refractivity contribution in [2.75, 3.05) is 5.32 Å². The zero-order valence-electron chi connectivity index (χ0n) is 13.5. The van der Waals surface area contributed by atoms with E-state index in [9.17, 15) is 4.79 Å². The molecular weight excluding hydrogens is 318 g/mol. The fourth-order valence-electron chi connectivity index (χ4n) is 2.22. The van der Waals surface area contributed by atoms with Gasteiger partial charge in [-0.15, -0.1) is 5.10 Å². The van der Waals surface area contributed by atoms with Crippen LogP contribution in [0.1, 0.15) is 23.0 Å². The van der Waals surface area contributed by atoms with Crippen molar-refractivity contribution in [1.82, 2.24) is 9.38 Å². The van der Waals surface area contributed by atoms with Gasteiger partial charge in [-0.05, 0) is 36.8 Å². The number of nitrogens with two attached hydrogens (primary N) is 2. The molecule has 1 amide bonds. The molecule has 0 atom stereocenters. The minimum atomic E-state index is -0.276. The van der Waals surface area contributed by atoms with Crippen LogP contribution < -0.4 is 16.8 Å². The molecular formula is C17H17N7O. The molecule has 126 valence electrons. The van der Waals surface area contributed by atoms with Gasteiger partial charge in [-0.3, -0.25) is 4.79 Å². The van der Waals surface area contributed by atoms with E-state index >= 15 is 0 Å². The molecule has 5 N–H and O–H groups in total. The number of carbonyl (C=O) groups is 1. The summed E-state index contributed by atoms with van der Waals surface area (Å²) in [6.45, 7) is 1.79. The van der Waals surface area contributed by atoms with Crippen LogP contribution in [0.15, 0.2) is 65.1 Å². The van der Waals surface area contributed by atoms with Gasteiger partial charge in [0, 0.05) is 18.1 Å². The Labute approximate surface area is 143 Å². The number of aromatic nitrogens is 2. The molecule has 8 nitrogen and oxygen atoms in total. The number of anilines is 1. The van der Waals surface area contributed by atoms with E-state index in [1.54, 1.807) is 29.7 Å². The third kappa shape index (κ3) is 3.81. The Morgan fingerprint density at radius 3 is 2.56 bits per heavy atom. The van der Waals surface area contributed by atoms with Crippen LogP contribution in [-0.4, -0.2) is 27.0 Å². The quantitative estimate of drug-likeness (QED) is 0.380. The molecule has 8 heteroatoms. The summed E-state index contributed by atoms with van der Waals surface area (Å²) in [4.78, 5) is 16.6. The Kier molecular flexibility index (Phi) is 4.42. The highest BCUT2D eigenvalue weighted by atomic mass is 16.1. The van der Waals surface area contributed by atoms with Gasteiger partial charge in [0.2, 0.25) is 5.96 Å². The second-order valence-corrected chi connectivity index (χ2v) is 5.33. The topological polar surface area (TPSA) is 123 Å². The van der Waals surface area contributed by atoms with Crippen molar-refractivity contribution in [3.63, 3.8) is 0 Å². The lowest BCUT2D eigenvalue weighted by atomic mass is 10.1. The Hall–Kier alpha value is -3.68. The van der Waals surface area contributed by atoms with Gasteiger partial charge in [0.15, 0.2) is 0 Å². The minimum Gasteiger partial charge on any atom is -0.369 e. The smallest absolute Gasteiger partial charge is 0.275 e. The highest BCUT2D eigenvalue weighted by Gasteiger charge is 2.11. The predicted molar refractivity (Wildman–Crippen MR) is 97.6 cm³/mol. The van der Waals surface area contributed by atoms with Crippen LogP contribution in [0, 0.1) is 0 Å². The first-order chi connectivity index (χ1) is 12.0. The molecule has 0 fully saturated rings. The van der Waals surface area contributed by atoms with E-state index in [1.165, 1.54) is 0 Å². The first-order valence-corrected chi connectivity index (χ1v) is 7.51. The van der Waals surface area contributed by atoms with Crippen molar-refractivity contribution in [2.24, 2.45) is 21.7 Å². The van der Waals surface area contributed by atoms with E-state index in [0.717, 1.165) is 11.2 Å². The van der Waals surface area contributed by atoms with Gasteiger partial charge in [0.25, 0.3) is 5.91 Å². The normalized spacial score (nSPS) is 11.3. The molecule has 0 bridgehead atoms.